The van der Waals surface area contributed by atoms with Gasteiger partial charge in [-0.25, -0.2) is 0 Å². The van der Waals surface area contributed by atoms with Crippen LogP contribution in [0, 0.1) is 34.5 Å². The predicted octanol–water partition coefficient (Wildman–Crippen LogP) is 6.23. The van der Waals surface area contributed by atoms with Crippen molar-refractivity contribution >= 4 is 23.5 Å². The first kappa shape index (κ1) is 31.4. The molecular formula is C35H48N2O6. The fraction of sp³-hybridized carbons (Fsp3) is 0.657. The highest BCUT2D eigenvalue weighted by Gasteiger charge is 2.57. The first-order valence-electron chi connectivity index (χ1n) is 16.1. The second kappa shape index (κ2) is 12.9. The molecule has 1 aromatic heterocycles. The van der Waals surface area contributed by atoms with Gasteiger partial charge in [-0.3, -0.25) is 19.4 Å². The molecule has 4 aliphatic carbocycles. The van der Waals surface area contributed by atoms with Crippen LogP contribution in [-0.4, -0.2) is 64.2 Å². The molecule has 6 rings (SSSR count). The van der Waals surface area contributed by atoms with E-state index in [1.54, 1.807) is 11.1 Å². The quantitative estimate of drug-likeness (QED) is 0.295. The largest absolute Gasteiger partial charge is 0.481 e. The molecule has 6 atom stereocenters. The third-order valence-electron chi connectivity index (χ3n) is 11.5. The van der Waals surface area contributed by atoms with Crippen molar-refractivity contribution in [2.24, 2.45) is 34.5 Å². The minimum atomic E-state index is -1.08. The number of fused-ring (bicyclic) bond motifs is 5. The van der Waals surface area contributed by atoms with E-state index >= 15 is 0 Å². The lowest BCUT2D eigenvalue weighted by atomic mass is 9.47. The number of hydrogen-bond acceptors (Lipinski definition) is 6. The topological polar surface area (TPSA) is 117 Å². The molecule has 0 unspecified atom stereocenters. The molecule has 2 N–H and O–H groups in total. The van der Waals surface area contributed by atoms with E-state index in [1.165, 1.54) is 31.2 Å². The summed E-state index contributed by atoms with van der Waals surface area (Å²) in [4.78, 5) is 38.9. The SMILES string of the molecule is CN1CCC(C(=O)O[C@H]2CC[C@@]3(C)C(=CC[C@@H]4[C@@H]3CC[C@]3(C)C(c5cccnc5)=CC[C@@H]43)C2)CC1.O=C(O)CCC(=O)O. The van der Waals surface area contributed by atoms with Gasteiger partial charge in [0.1, 0.15) is 6.10 Å². The average molecular weight is 593 g/mol. The van der Waals surface area contributed by atoms with Crippen LogP contribution in [0.3, 0.4) is 0 Å². The number of rotatable bonds is 6. The standard InChI is InChI=1S/C31H42N2O2.C4H6O4/c1-30-14-10-24(35-29(34)21-12-17-33(3)18-13-21)19-23(30)6-7-25-27-9-8-26(22-5-4-16-32-20-22)31(27,2)15-11-28(25)30;5-3(6)1-2-4(7)8/h4-6,8,16,20-21,24-25,27-28H,7,9-15,17-19H2,1-3H3;1-2H2,(H,5,6)(H,7,8)/t24-,25-,27-,28-,30-,31+;/m0./s1. The van der Waals surface area contributed by atoms with Crippen molar-refractivity contribution in [3.8, 4) is 0 Å². The number of esters is 1. The van der Waals surface area contributed by atoms with Gasteiger partial charge in [0.15, 0.2) is 0 Å². The van der Waals surface area contributed by atoms with Crippen LogP contribution in [0.15, 0.2) is 42.3 Å². The smallest absolute Gasteiger partial charge is 0.309 e. The van der Waals surface area contributed by atoms with E-state index in [-0.39, 0.29) is 41.7 Å². The first-order chi connectivity index (χ1) is 20.5. The minimum absolute atomic E-state index is 0.0642. The molecular weight excluding hydrogens is 544 g/mol. The molecule has 43 heavy (non-hydrogen) atoms. The maximum Gasteiger partial charge on any atom is 0.309 e. The maximum atomic E-state index is 12.9. The van der Waals surface area contributed by atoms with Crippen LogP contribution in [0.5, 0.6) is 0 Å². The van der Waals surface area contributed by atoms with Gasteiger partial charge < -0.3 is 19.8 Å². The summed E-state index contributed by atoms with van der Waals surface area (Å²) in [5.41, 5.74) is 5.00. The second-order valence-electron chi connectivity index (χ2n) is 14.0. The van der Waals surface area contributed by atoms with E-state index in [0.717, 1.165) is 62.9 Å². The Bertz CT molecular complexity index is 1240. The van der Waals surface area contributed by atoms with Crippen LogP contribution in [0.2, 0.25) is 0 Å². The van der Waals surface area contributed by atoms with Crippen molar-refractivity contribution in [1.29, 1.82) is 0 Å². The molecule has 234 valence electrons. The van der Waals surface area contributed by atoms with E-state index in [0.29, 0.717) is 0 Å². The van der Waals surface area contributed by atoms with Gasteiger partial charge in [0.25, 0.3) is 0 Å². The lowest BCUT2D eigenvalue weighted by Gasteiger charge is -2.58. The first-order valence-corrected chi connectivity index (χ1v) is 16.1. The number of pyridine rings is 1. The van der Waals surface area contributed by atoms with E-state index in [9.17, 15) is 14.4 Å². The van der Waals surface area contributed by atoms with Gasteiger partial charge in [0.2, 0.25) is 0 Å². The summed E-state index contributed by atoms with van der Waals surface area (Å²) >= 11 is 0. The van der Waals surface area contributed by atoms with Crippen molar-refractivity contribution < 1.29 is 29.3 Å². The van der Waals surface area contributed by atoms with Crippen molar-refractivity contribution in [1.82, 2.24) is 9.88 Å². The fourth-order valence-electron chi connectivity index (χ4n) is 8.98. The molecule has 2 heterocycles. The Morgan fingerprint density at radius 1 is 0.953 bits per heavy atom. The summed E-state index contributed by atoms with van der Waals surface area (Å²) < 4.78 is 6.13. The Hall–Kier alpha value is -3.00. The van der Waals surface area contributed by atoms with Gasteiger partial charge in [0, 0.05) is 18.8 Å². The molecule has 1 aromatic rings. The third-order valence-corrected chi connectivity index (χ3v) is 11.5. The van der Waals surface area contributed by atoms with Crippen LogP contribution in [0.1, 0.15) is 90.0 Å². The number of allylic oxidation sites excluding steroid dienone is 3. The van der Waals surface area contributed by atoms with Crippen LogP contribution in [0.25, 0.3) is 5.57 Å². The number of hydrogen-bond donors (Lipinski definition) is 2. The number of piperidine rings is 1. The maximum absolute atomic E-state index is 12.9. The number of aliphatic carboxylic acids is 2. The Morgan fingerprint density at radius 2 is 1.65 bits per heavy atom. The van der Waals surface area contributed by atoms with Crippen molar-refractivity contribution in [3.63, 3.8) is 0 Å². The molecule has 1 aliphatic heterocycles. The monoisotopic (exact) mass is 592 g/mol. The summed E-state index contributed by atoms with van der Waals surface area (Å²) in [5.74, 6) is 0.253. The summed E-state index contributed by atoms with van der Waals surface area (Å²) in [6.07, 6.45) is 18.6. The number of likely N-dealkylation sites (tertiary alicyclic amines) is 1. The predicted molar refractivity (Wildman–Crippen MR) is 164 cm³/mol. The van der Waals surface area contributed by atoms with E-state index in [4.69, 9.17) is 14.9 Å². The fourth-order valence-corrected chi connectivity index (χ4v) is 8.98. The minimum Gasteiger partial charge on any atom is -0.481 e. The summed E-state index contributed by atoms with van der Waals surface area (Å²) in [5, 5.41) is 15.8. The Balaban J connectivity index is 0.000000407. The molecule has 3 fully saturated rings. The van der Waals surface area contributed by atoms with E-state index in [1.807, 2.05) is 6.20 Å². The van der Waals surface area contributed by atoms with Gasteiger partial charge in [0.05, 0.1) is 18.8 Å². The Labute approximate surface area is 255 Å². The van der Waals surface area contributed by atoms with Crippen molar-refractivity contribution in [2.75, 3.05) is 20.1 Å². The molecule has 5 aliphatic rings. The van der Waals surface area contributed by atoms with Gasteiger partial charge >= 0.3 is 17.9 Å². The molecule has 2 saturated carbocycles. The highest BCUT2D eigenvalue weighted by molar-refractivity contribution is 5.75. The van der Waals surface area contributed by atoms with Gasteiger partial charge in [-0.1, -0.05) is 37.6 Å². The number of carbonyl (C=O) groups is 3. The van der Waals surface area contributed by atoms with Crippen LogP contribution in [-0.2, 0) is 19.1 Å². The lowest BCUT2D eigenvalue weighted by Crippen LogP contribution is -2.50. The Morgan fingerprint density at radius 3 is 2.30 bits per heavy atom. The Kier molecular flexibility index (Phi) is 9.45. The normalized spacial score (nSPS) is 33.8. The molecule has 0 bridgehead atoms. The average Bonchev–Trinajstić information content (AvgIpc) is 3.34. The zero-order chi connectivity index (χ0) is 30.8. The van der Waals surface area contributed by atoms with Gasteiger partial charge in [-0.2, -0.15) is 0 Å². The second-order valence-corrected chi connectivity index (χ2v) is 14.0. The van der Waals surface area contributed by atoms with Gasteiger partial charge in [-0.05, 0) is 117 Å². The molecule has 0 spiro atoms. The highest BCUT2D eigenvalue weighted by Crippen LogP contribution is 2.66. The molecule has 0 amide bonds. The van der Waals surface area contributed by atoms with Gasteiger partial charge in [-0.15, -0.1) is 0 Å². The number of carbonyl (C=O) groups excluding carboxylic acids is 1. The molecule has 8 nitrogen and oxygen atoms in total. The third kappa shape index (κ3) is 6.59. The highest BCUT2D eigenvalue weighted by atomic mass is 16.5. The van der Waals surface area contributed by atoms with Crippen molar-refractivity contribution in [3.05, 3.63) is 47.8 Å². The summed E-state index contributed by atoms with van der Waals surface area (Å²) in [6.45, 7) is 7.08. The number of nitrogens with zero attached hydrogens (tertiary/aromatic N) is 2. The number of aromatic nitrogens is 1. The number of carboxylic acids is 2. The zero-order valence-electron chi connectivity index (χ0n) is 26.0. The summed E-state index contributed by atoms with van der Waals surface area (Å²) in [7, 11) is 2.14. The molecule has 0 aromatic carbocycles. The van der Waals surface area contributed by atoms with Crippen LogP contribution < -0.4 is 0 Å². The molecule has 0 radical (unpaired) electrons. The number of ether oxygens (including phenoxy) is 1. The zero-order valence-corrected chi connectivity index (χ0v) is 26.0. The molecule has 1 saturated heterocycles. The van der Waals surface area contributed by atoms with Crippen LogP contribution in [0.4, 0.5) is 0 Å². The van der Waals surface area contributed by atoms with Crippen molar-refractivity contribution in [2.45, 2.75) is 90.6 Å². The molecule has 8 heteroatoms. The summed E-state index contributed by atoms with van der Waals surface area (Å²) in [6, 6.07) is 4.32. The van der Waals surface area contributed by atoms with E-state index < -0.39 is 11.9 Å². The number of carboxylic acid groups (broad SMARTS) is 2. The lowest BCUT2D eigenvalue weighted by molar-refractivity contribution is -0.158. The van der Waals surface area contributed by atoms with Crippen LogP contribution >= 0.6 is 0 Å². The van der Waals surface area contributed by atoms with E-state index in [2.05, 4.69) is 61.3 Å².